The van der Waals surface area contributed by atoms with E-state index in [-0.39, 0.29) is 17.2 Å². The van der Waals surface area contributed by atoms with Crippen molar-refractivity contribution < 1.29 is 27.4 Å². The maximum absolute atomic E-state index is 13.6. The molecule has 0 aliphatic carbocycles. The van der Waals surface area contributed by atoms with Crippen molar-refractivity contribution in [3.05, 3.63) is 71.3 Å². The predicted octanol–water partition coefficient (Wildman–Crippen LogP) is 4.67. The highest BCUT2D eigenvalue weighted by molar-refractivity contribution is 7.90. The Hall–Kier alpha value is -3.70. The van der Waals surface area contributed by atoms with E-state index in [1.165, 1.54) is 33.5 Å². The topological polar surface area (TPSA) is 117 Å². The second-order valence-corrected chi connectivity index (χ2v) is 11.2. The Morgan fingerprint density at radius 3 is 2.05 bits per heavy atom. The van der Waals surface area contributed by atoms with Crippen molar-refractivity contribution in [2.75, 3.05) is 21.3 Å². The summed E-state index contributed by atoms with van der Waals surface area (Å²) in [7, 11) is 0.407. The normalized spacial score (nSPS) is 12.4. The van der Waals surface area contributed by atoms with Crippen LogP contribution < -0.4 is 18.9 Å². The van der Waals surface area contributed by atoms with Gasteiger partial charge in [0.05, 0.1) is 43.9 Å². The molecule has 4 aromatic rings. The van der Waals surface area contributed by atoms with Crippen LogP contribution >= 0.6 is 11.7 Å². The largest absolute Gasteiger partial charge is 0.493 e. The van der Waals surface area contributed by atoms with Gasteiger partial charge in [-0.25, -0.2) is 13.1 Å². The molecule has 0 saturated heterocycles. The lowest BCUT2D eigenvalue weighted by molar-refractivity contribution is -0.120. The Balaban J connectivity index is 1.71. The first-order chi connectivity index (χ1) is 18.2. The summed E-state index contributed by atoms with van der Waals surface area (Å²) in [4.78, 5) is 13.6. The van der Waals surface area contributed by atoms with Gasteiger partial charge in [-0.15, -0.1) is 0 Å². The number of ether oxygens (including phenoxy) is 3. The van der Waals surface area contributed by atoms with Crippen LogP contribution in [0.2, 0.25) is 0 Å². The van der Waals surface area contributed by atoms with E-state index in [1.807, 2.05) is 13.8 Å². The SMILES string of the molecule is COc1cc(CC(C(=O)NS(=O)(=O)c2ccc(C(C)C)cc2)c2ccc3nsnc3c2)cc(OC)c1OC. The number of aromatic nitrogens is 2. The first kappa shape index (κ1) is 27.3. The van der Waals surface area contributed by atoms with Crippen molar-refractivity contribution in [2.45, 2.75) is 37.0 Å². The van der Waals surface area contributed by atoms with Crippen LogP contribution in [0.4, 0.5) is 0 Å². The number of carbonyl (C=O) groups excluding carboxylic acids is 1. The lowest BCUT2D eigenvalue weighted by Gasteiger charge is -2.20. The van der Waals surface area contributed by atoms with E-state index in [4.69, 9.17) is 14.2 Å². The predicted molar refractivity (Wildman–Crippen MR) is 146 cm³/mol. The molecule has 1 unspecified atom stereocenters. The molecule has 1 atom stereocenters. The third-order valence-corrected chi connectivity index (χ3v) is 8.17. The van der Waals surface area contributed by atoms with Gasteiger partial charge in [0.1, 0.15) is 11.0 Å². The molecule has 38 heavy (non-hydrogen) atoms. The Labute approximate surface area is 226 Å². The number of fused-ring (bicyclic) bond motifs is 1. The zero-order valence-corrected chi connectivity index (χ0v) is 23.4. The third-order valence-electron chi connectivity index (χ3n) is 6.25. The van der Waals surface area contributed by atoms with Crippen LogP contribution in [0.1, 0.15) is 42.4 Å². The lowest BCUT2D eigenvalue weighted by Crippen LogP contribution is -2.35. The van der Waals surface area contributed by atoms with E-state index in [1.54, 1.807) is 42.5 Å². The van der Waals surface area contributed by atoms with Gasteiger partial charge < -0.3 is 14.2 Å². The van der Waals surface area contributed by atoms with Crippen LogP contribution in [0.5, 0.6) is 17.2 Å². The maximum Gasteiger partial charge on any atom is 0.264 e. The summed E-state index contributed by atoms with van der Waals surface area (Å²) in [5.41, 5.74) is 3.61. The number of nitrogens with zero attached hydrogens (tertiary/aromatic N) is 2. The van der Waals surface area contributed by atoms with Gasteiger partial charge in [-0.3, -0.25) is 4.79 Å². The fourth-order valence-corrected chi connectivity index (χ4v) is 5.70. The fourth-order valence-electron chi connectivity index (χ4n) is 4.16. The number of nitrogens with one attached hydrogen (secondary N) is 1. The Morgan fingerprint density at radius 1 is 0.868 bits per heavy atom. The van der Waals surface area contributed by atoms with E-state index < -0.39 is 21.8 Å². The number of benzene rings is 3. The number of hydrogen-bond acceptors (Lipinski definition) is 9. The van der Waals surface area contributed by atoms with Gasteiger partial charge in [0.15, 0.2) is 11.5 Å². The first-order valence-corrected chi connectivity index (χ1v) is 14.1. The number of carbonyl (C=O) groups is 1. The van der Waals surface area contributed by atoms with Crippen LogP contribution in [0, 0.1) is 0 Å². The quantitative estimate of drug-likeness (QED) is 0.300. The summed E-state index contributed by atoms with van der Waals surface area (Å²) in [6, 6.07) is 15.3. The van der Waals surface area contributed by atoms with Crippen molar-refractivity contribution >= 4 is 38.7 Å². The number of rotatable bonds is 10. The zero-order valence-electron chi connectivity index (χ0n) is 21.7. The van der Waals surface area contributed by atoms with Crippen LogP contribution in [-0.2, 0) is 21.2 Å². The van der Waals surface area contributed by atoms with Gasteiger partial charge in [-0.05, 0) is 65.4 Å². The summed E-state index contributed by atoms with van der Waals surface area (Å²) in [5.74, 6) is -0.0136. The molecule has 1 heterocycles. The fraction of sp³-hybridized carbons (Fsp3) is 0.296. The minimum absolute atomic E-state index is 0.0148. The molecule has 0 fully saturated rings. The van der Waals surface area contributed by atoms with E-state index >= 15 is 0 Å². The molecular weight excluding hydrogens is 526 g/mol. The summed E-state index contributed by atoms with van der Waals surface area (Å²) in [5, 5.41) is 0. The van der Waals surface area contributed by atoms with Crippen LogP contribution in [0.15, 0.2) is 59.5 Å². The summed E-state index contributed by atoms with van der Waals surface area (Å²) in [6.45, 7) is 4.04. The molecule has 11 heteroatoms. The molecule has 0 saturated carbocycles. The second-order valence-electron chi connectivity index (χ2n) is 9.00. The van der Waals surface area contributed by atoms with Crippen molar-refractivity contribution in [2.24, 2.45) is 0 Å². The number of amides is 1. The van der Waals surface area contributed by atoms with Gasteiger partial charge in [-0.2, -0.15) is 8.75 Å². The van der Waals surface area contributed by atoms with Gasteiger partial charge in [0.2, 0.25) is 11.7 Å². The molecule has 0 aliphatic rings. The van der Waals surface area contributed by atoms with Crippen molar-refractivity contribution in [3.63, 3.8) is 0 Å². The highest BCUT2D eigenvalue weighted by Crippen LogP contribution is 2.39. The summed E-state index contributed by atoms with van der Waals surface area (Å²) < 4.78 is 53.4. The van der Waals surface area contributed by atoms with Crippen molar-refractivity contribution in [1.82, 2.24) is 13.5 Å². The number of hydrogen-bond donors (Lipinski definition) is 1. The minimum Gasteiger partial charge on any atom is -0.493 e. The molecule has 4 rings (SSSR count). The van der Waals surface area contributed by atoms with Gasteiger partial charge in [-0.1, -0.05) is 32.0 Å². The van der Waals surface area contributed by atoms with Crippen LogP contribution in [0.25, 0.3) is 11.0 Å². The molecule has 9 nitrogen and oxygen atoms in total. The van der Waals surface area contributed by atoms with Crippen molar-refractivity contribution in [3.8, 4) is 17.2 Å². The molecule has 1 N–H and O–H groups in total. The highest BCUT2D eigenvalue weighted by Gasteiger charge is 2.28. The van der Waals surface area contributed by atoms with Crippen LogP contribution in [-0.4, -0.2) is 44.4 Å². The average molecular weight is 556 g/mol. The third kappa shape index (κ3) is 5.73. The summed E-state index contributed by atoms with van der Waals surface area (Å²) >= 11 is 1.07. The second kappa shape index (κ2) is 11.4. The number of methoxy groups -OCH3 is 3. The Morgan fingerprint density at radius 2 is 1.47 bits per heavy atom. The molecular formula is C27H29N3O6S2. The zero-order chi connectivity index (χ0) is 27.4. The molecule has 0 bridgehead atoms. The standard InChI is InChI=1S/C27H29N3O6S2/c1-16(2)18-6-9-20(10-7-18)38(32,33)30-27(31)21(19-8-11-22-23(15-19)29-37-28-22)12-17-13-24(34-3)26(36-5)25(14-17)35-4/h6-11,13-16,21H,12H2,1-5H3,(H,30,31). The van der Waals surface area contributed by atoms with Crippen LogP contribution in [0.3, 0.4) is 0 Å². The number of sulfonamides is 1. The molecule has 1 amide bonds. The van der Waals surface area contributed by atoms with Crippen molar-refractivity contribution in [1.29, 1.82) is 0 Å². The molecule has 0 spiro atoms. The Kier molecular flexibility index (Phi) is 8.17. The van der Waals surface area contributed by atoms with E-state index in [9.17, 15) is 13.2 Å². The smallest absolute Gasteiger partial charge is 0.264 e. The van der Waals surface area contributed by atoms with Gasteiger partial charge in [0, 0.05) is 0 Å². The van der Waals surface area contributed by atoms with E-state index in [2.05, 4.69) is 13.5 Å². The molecule has 0 aliphatic heterocycles. The minimum atomic E-state index is -4.11. The average Bonchev–Trinajstić information content (AvgIpc) is 3.38. The molecule has 0 radical (unpaired) electrons. The Bertz CT molecular complexity index is 1520. The first-order valence-electron chi connectivity index (χ1n) is 11.8. The molecule has 200 valence electrons. The monoisotopic (exact) mass is 555 g/mol. The van der Waals surface area contributed by atoms with E-state index in [0.717, 1.165) is 17.3 Å². The lowest BCUT2D eigenvalue weighted by atomic mass is 9.91. The highest BCUT2D eigenvalue weighted by atomic mass is 32.2. The summed E-state index contributed by atoms with van der Waals surface area (Å²) in [6.07, 6.45) is 0.160. The van der Waals surface area contributed by atoms with Gasteiger partial charge in [0.25, 0.3) is 10.0 Å². The maximum atomic E-state index is 13.6. The molecule has 1 aromatic heterocycles. The molecule has 3 aromatic carbocycles. The van der Waals surface area contributed by atoms with E-state index in [0.29, 0.717) is 39.4 Å². The van der Waals surface area contributed by atoms with Gasteiger partial charge >= 0.3 is 0 Å².